The summed E-state index contributed by atoms with van der Waals surface area (Å²) in [6, 6.07) is 15.1. The molecule has 0 radical (unpaired) electrons. The number of nitrogens with zero attached hydrogens (tertiary/aromatic N) is 1. The summed E-state index contributed by atoms with van der Waals surface area (Å²) in [5, 5.41) is 0.960. The van der Waals surface area contributed by atoms with E-state index in [9.17, 15) is 4.79 Å². The highest BCUT2D eigenvalue weighted by molar-refractivity contribution is 7.18. The topological polar surface area (TPSA) is 57.7 Å². The lowest BCUT2D eigenvalue weighted by Crippen LogP contribution is -2.16. The number of fused-ring (bicyclic) bond motifs is 1. The molecular weight excluding hydrogens is 338 g/mol. The highest BCUT2D eigenvalue weighted by Gasteiger charge is 2.07. The molecular formula is C19H19NO4S. The van der Waals surface area contributed by atoms with Gasteiger partial charge in [-0.3, -0.25) is 0 Å². The molecule has 0 aliphatic heterocycles. The van der Waals surface area contributed by atoms with Crippen molar-refractivity contribution in [1.29, 1.82) is 0 Å². The minimum atomic E-state index is -0.394. The van der Waals surface area contributed by atoms with Crippen molar-refractivity contribution in [3.63, 3.8) is 0 Å². The molecule has 130 valence electrons. The fourth-order valence-electron chi connectivity index (χ4n) is 2.26. The lowest BCUT2D eigenvalue weighted by molar-refractivity contribution is -0.145. The minimum absolute atomic E-state index is 0.117. The Labute approximate surface area is 150 Å². The van der Waals surface area contributed by atoms with Crippen molar-refractivity contribution in [3.8, 4) is 11.5 Å². The van der Waals surface area contributed by atoms with E-state index in [1.54, 1.807) is 35.6 Å². The van der Waals surface area contributed by atoms with Crippen LogP contribution in [-0.2, 0) is 16.0 Å². The van der Waals surface area contributed by atoms with Crippen LogP contribution in [0.1, 0.15) is 11.9 Å². The Morgan fingerprint density at radius 3 is 2.48 bits per heavy atom. The molecule has 0 unspecified atom stereocenters. The normalized spacial score (nSPS) is 10.6. The molecule has 0 bridgehead atoms. The number of aromatic nitrogens is 1. The van der Waals surface area contributed by atoms with Gasteiger partial charge in [0.05, 0.1) is 28.4 Å². The molecule has 3 rings (SSSR count). The number of thiazole rings is 1. The summed E-state index contributed by atoms with van der Waals surface area (Å²) >= 11 is 1.62. The predicted molar refractivity (Wildman–Crippen MR) is 97.4 cm³/mol. The lowest BCUT2D eigenvalue weighted by atomic mass is 10.3. The third-order valence-corrected chi connectivity index (χ3v) is 4.50. The fraction of sp³-hybridized carbons (Fsp3) is 0.263. The number of rotatable bonds is 8. The number of para-hydroxylation sites is 1. The third-order valence-electron chi connectivity index (χ3n) is 3.41. The Morgan fingerprint density at radius 1 is 1.04 bits per heavy atom. The number of hydrogen-bond acceptors (Lipinski definition) is 6. The van der Waals surface area contributed by atoms with E-state index in [1.807, 2.05) is 31.2 Å². The predicted octanol–water partition coefficient (Wildman–Crippen LogP) is 3.86. The molecule has 25 heavy (non-hydrogen) atoms. The van der Waals surface area contributed by atoms with Gasteiger partial charge in [0.25, 0.3) is 0 Å². The average molecular weight is 357 g/mol. The molecule has 1 heterocycles. The van der Waals surface area contributed by atoms with Crippen LogP contribution in [0, 0.1) is 0 Å². The first-order valence-electron chi connectivity index (χ1n) is 8.10. The van der Waals surface area contributed by atoms with Gasteiger partial charge in [0.1, 0.15) is 11.5 Å². The van der Waals surface area contributed by atoms with Crippen molar-refractivity contribution >= 4 is 27.5 Å². The van der Waals surface area contributed by atoms with Crippen molar-refractivity contribution in [1.82, 2.24) is 4.98 Å². The first-order valence-corrected chi connectivity index (χ1v) is 8.92. The zero-order chi connectivity index (χ0) is 17.5. The summed E-state index contributed by atoms with van der Waals surface area (Å²) in [6.07, 6.45) is 0.605. The lowest BCUT2D eigenvalue weighted by Gasteiger charge is -2.07. The molecule has 0 saturated heterocycles. The Morgan fingerprint density at radius 2 is 1.76 bits per heavy atom. The molecule has 5 nitrogen and oxygen atoms in total. The van der Waals surface area contributed by atoms with E-state index in [2.05, 4.69) is 4.98 Å². The van der Waals surface area contributed by atoms with Crippen LogP contribution in [0.2, 0.25) is 0 Å². The van der Waals surface area contributed by atoms with Crippen LogP contribution in [0.4, 0.5) is 0 Å². The van der Waals surface area contributed by atoms with Gasteiger partial charge in [0, 0.05) is 6.42 Å². The van der Waals surface area contributed by atoms with Gasteiger partial charge in [-0.05, 0) is 43.3 Å². The summed E-state index contributed by atoms with van der Waals surface area (Å²) < 4.78 is 17.1. The monoisotopic (exact) mass is 357 g/mol. The van der Waals surface area contributed by atoms with E-state index in [1.165, 1.54) is 0 Å². The second kappa shape index (κ2) is 8.48. The number of carbonyl (C=O) groups is 1. The van der Waals surface area contributed by atoms with Crippen molar-refractivity contribution < 1.29 is 19.0 Å². The molecule has 0 N–H and O–H groups in total. The van der Waals surface area contributed by atoms with E-state index in [0.717, 1.165) is 21.0 Å². The van der Waals surface area contributed by atoms with Crippen LogP contribution in [0.25, 0.3) is 10.2 Å². The molecule has 0 aliphatic carbocycles. The maximum Gasteiger partial charge on any atom is 0.344 e. The largest absolute Gasteiger partial charge is 0.494 e. The smallest absolute Gasteiger partial charge is 0.344 e. The van der Waals surface area contributed by atoms with Gasteiger partial charge in [-0.25, -0.2) is 9.78 Å². The molecule has 1 aromatic heterocycles. The summed E-state index contributed by atoms with van der Waals surface area (Å²) in [7, 11) is 0. The third kappa shape index (κ3) is 4.93. The maximum absolute atomic E-state index is 11.8. The average Bonchev–Trinajstić information content (AvgIpc) is 3.04. The van der Waals surface area contributed by atoms with Gasteiger partial charge in [-0.1, -0.05) is 12.1 Å². The summed E-state index contributed by atoms with van der Waals surface area (Å²) in [6.45, 7) is 2.72. The van der Waals surface area contributed by atoms with Crippen molar-refractivity contribution in [3.05, 3.63) is 53.5 Å². The molecule has 0 atom stereocenters. The van der Waals surface area contributed by atoms with Gasteiger partial charge in [-0.2, -0.15) is 0 Å². The zero-order valence-corrected chi connectivity index (χ0v) is 14.8. The zero-order valence-electron chi connectivity index (χ0n) is 13.9. The number of hydrogen-bond donors (Lipinski definition) is 0. The Hall–Kier alpha value is -2.60. The minimum Gasteiger partial charge on any atom is -0.494 e. The van der Waals surface area contributed by atoms with E-state index < -0.39 is 5.97 Å². The van der Waals surface area contributed by atoms with Crippen LogP contribution in [0.15, 0.2) is 48.5 Å². The maximum atomic E-state index is 11.8. The number of ether oxygens (including phenoxy) is 3. The van der Waals surface area contributed by atoms with Crippen LogP contribution >= 0.6 is 11.3 Å². The van der Waals surface area contributed by atoms with Crippen LogP contribution in [-0.4, -0.2) is 30.8 Å². The quantitative estimate of drug-likeness (QED) is 0.573. The fourth-order valence-corrected chi connectivity index (χ4v) is 3.21. The standard InChI is InChI=1S/C19H19NO4S/c1-2-22-14-7-9-15(10-8-14)24-13-19(21)23-12-11-18-20-16-5-3-4-6-17(16)25-18/h3-10H,2,11-13H2,1H3. The van der Waals surface area contributed by atoms with Gasteiger partial charge >= 0.3 is 5.97 Å². The molecule has 0 aliphatic rings. The SMILES string of the molecule is CCOc1ccc(OCC(=O)OCCc2nc3ccccc3s2)cc1. The van der Waals surface area contributed by atoms with Crippen LogP contribution in [0.5, 0.6) is 11.5 Å². The van der Waals surface area contributed by atoms with Crippen LogP contribution in [0.3, 0.4) is 0 Å². The Bertz CT molecular complexity index is 796. The molecule has 3 aromatic rings. The van der Waals surface area contributed by atoms with Crippen molar-refractivity contribution in [2.75, 3.05) is 19.8 Å². The summed E-state index contributed by atoms with van der Waals surface area (Å²) in [5.41, 5.74) is 0.979. The van der Waals surface area contributed by atoms with Crippen molar-refractivity contribution in [2.45, 2.75) is 13.3 Å². The number of carbonyl (C=O) groups excluding carboxylic acids is 1. The molecule has 2 aromatic carbocycles. The molecule has 0 fully saturated rings. The molecule has 0 saturated carbocycles. The van der Waals surface area contributed by atoms with E-state index in [-0.39, 0.29) is 6.61 Å². The summed E-state index contributed by atoms with van der Waals surface area (Å²) in [4.78, 5) is 16.3. The number of esters is 1. The van der Waals surface area contributed by atoms with E-state index in [4.69, 9.17) is 14.2 Å². The molecule has 6 heteroatoms. The second-order valence-corrected chi connectivity index (χ2v) is 6.35. The Balaban J connectivity index is 1.40. The first-order chi connectivity index (χ1) is 12.2. The van der Waals surface area contributed by atoms with Gasteiger partial charge in [-0.15, -0.1) is 11.3 Å². The molecule has 0 spiro atoms. The second-order valence-electron chi connectivity index (χ2n) is 5.24. The van der Waals surface area contributed by atoms with E-state index >= 15 is 0 Å². The highest BCUT2D eigenvalue weighted by atomic mass is 32.1. The van der Waals surface area contributed by atoms with E-state index in [0.29, 0.717) is 25.4 Å². The first kappa shape index (κ1) is 17.2. The van der Waals surface area contributed by atoms with Gasteiger partial charge in [0.15, 0.2) is 6.61 Å². The van der Waals surface area contributed by atoms with Gasteiger partial charge < -0.3 is 14.2 Å². The number of benzene rings is 2. The summed E-state index contributed by atoms with van der Waals surface area (Å²) in [5.74, 6) is 0.981. The Kier molecular flexibility index (Phi) is 5.85. The highest BCUT2D eigenvalue weighted by Crippen LogP contribution is 2.21. The molecule has 0 amide bonds. The van der Waals surface area contributed by atoms with Gasteiger partial charge in [0.2, 0.25) is 0 Å². The van der Waals surface area contributed by atoms with Crippen LogP contribution < -0.4 is 9.47 Å². The van der Waals surface area contributed by atoms with Crippen molar-refractivity contribution in [2.24, 2.45) is 0 Å².